The molecule has 0 aliphatic carbocycles. The average Bonchev–Trinajstić information content (AvgIpc) is 3.20. The number of ether oxygens (including phenoxy) is 2. The lowest BCUT2D eigenvalue weighted by molar-refractivity contribution is -0.132. The van der Waals surface area contributed by atoms with Gasteiger partial charge in [-0.3, -0.25) is 9.78 Å². The highest BCUT2D eigenvalue weighted by Crippen LogP contribution is 2.19. The molecule has 1 fully saturated rings. The summed E-state index contributed by atoms with van der Waals surface area (Å²) in [6, 6.07) is 13.8. The molecule has 26 heavy (non-hydrogen) atoms. The summed E-state index contributed by atoms with van der Waals surface area (Å²) in [4.78, 5) is 18.5. The molecule has 0 radical (unpaired) electrons. The molecule has 5 nitrogen and oxygen atoms in total. The molecular formula is C21H26N2O3. The fourth-order valence-corrected chi connectivity index (χ4v) is 3.03. The van der Waals surface area contributed by atoms with Gasteiger partial charge in [0, 0.05) is 31.7 Å². The normalized spacial score (nSPS) is 16.4. The molecule has 1 aromatic heterocycles. The third kappa shape index (κ3) is 5.30. The van der Waals surface area contributed by atoms with E-state index in [0.29, 0.717) is 32.0 Å². The molecule has 138 valence electrons. The maximum atomic E-state index is 12.4. The Balaban J connectivity index is 1.63. The van der Waals surface area contributed by atoms with E-state index in [2.05, 4.69) is 4.98 Å². The Morgan fingerprint density at radius 1 is 1.27 bits per heavy atom. The summed E-state index contributed by atoms with van der Waals surface area (Å²) in [7, 11) is 0. The molecule has 1 amide bonds. The molecule has 1 unspecified atom stereocenters. The van der Waals surface area contributed by atoms with E-state index in [1.807, 2.05) is 54.3 Å². The van der Waals surface area contributed by atoms with Crippen LogP contribution in [-0.2, 0) is 22.6 Å². The largest absolute Gasteiger partial charge is 0.493 e. The Labute approximate surface area is 155 Å². The molecule has 0 N–H and O–H groups in total. The van der Waals surface area contributed by atoms with Crippen LogP contribution in [0, 0.1) is 5.92 Å². The lowest BCUT2D eigenvalue weighted by Crippen LogP contribution is -2.29. The lowest BCUT2D eigenvalue weighted by atomic mass is 10.1. The number of nitrogens with zero attached hydrogens (tertiary/aromatic N) is 2. The van der Waals surface area contributed by atoms with Gasteiger partial charge in [0.25, 0.3) is 0 Å². The monoisotopic (exact) mass is 354 g/mol. The van der Waals surface area contributed by atoms with Gasteiger partial charge in [0.2, 0.25) is 5.91 Å². The van der Waals surface area contributed by atoms with E-state index < -0.39 is 0 Å². The zero-order chi connectivity index (χ0) is 18.2. The minimum atomic E-state index is 0.116. The average molecular weight is 354 g/mol. The van der Waals surface area contributed by atoms with Crippen molar-refractivity contribution in [3.8, 4) is 5.75 Å². The van der Waals surface area contributed by atoms with Gasteiger partial charge < -0.3 is 14.4 Å². The first kappa shape index (κ1) is 18.4. The molecule has 2 heterocycles. The second-order valence-electron chi connectivity index (χ2n) is 6.61. The van der Waals surface area contributed by atoms with Gasteiger partial charge in [0.15, 0.2) is 0 Å². The Kier molecular flexibility index (Phi) is 6.61. The molecule has 3 rings (SSSR count). The van der Waals surface area contributed by atoms with Gasteiger partial charge in [-0.25, -0.2) is 0 Å². The topological polar surface area (TPSA) is 51.7 Å². The van der Waals surface area contributed by atoms with Crippen molar-refractivity contribution in [1.82, 2.24) is 9.88 Å². The van der Waals surface area contributed by atoms with Crippen molar-refractivity contribution in [2.75, 3.05) is 19.8 Å². The molecule has 5 heteroatoms. The number of aromatic nitrogens is 1. The molecule has 0 bridgehead atoms. The zero-order valence-corrected chi connectivity index (χ0v) is 15.3. The van der Waals surface area contributed by atoms with Crippen LogP contribution < -0.4 is 4.74 Å². The quantitative estimate of drug-likeness (QED) is 0.729. The molecule has 0 spiro atoms. The molecule has 1 saturated heterocycles. The standard InChI is InChI=1S/C21H26N2O3/c1-2-21(24)23(14-19-7-3-4-10-22-19)13-17-6-5-8-20(12-17)26-16-18-9-11-25-15-18/h3-8,10,12,18H,2,9,11,13-16H2,1H3. The van der Waals surface area contributed by atoms with E-state index in [4.69, 9.17) is 9.47 Å². The molecule has 1 atom stereocenters. The Morgan fingerprint density at radius 2 is 2.19 bits per heavy atom. The van der Waals surface area contributed by atoms with Crippen LogP contribution in [0.25, 0.3) is 0 Å². The smallest absolute Gasteiger partial charge is 0.222 e. The maximum Gasteiger partial charge on any atom is 0.222 e. The molecule has 1 aromatic carbocycles. The minimum absolute atomic E-state index is 0.116. The third-order valence-electron chi connectivity index (χ3n) is 4.52. The summed E-state index contributed by atoms with van der Waals surface area (Å²) in [6.07, 6.45) is 3.29. The molecule has 1 aliphatic heterocycles. The molecule has 0 saturated carbocycles. The lowest BCUT2D eigenvalue weighted by Gasteiger charge is -2.22. The van der Waals surface area contributed by atoms with Crippen LogP contribution in [0.2, 0.25) is 0 Å². The second-order valence-corrected chi connectivity index (χ2v) is 6.61. The third-order valence-corrected chi connectivity index (χ3v) is 4.52. The van der Waals surface area contributed by atoms with E-state index in [1.54, 1.807) is 6.20 Å². The van der Waals surface area contributed by atoms with Crippen molar-refractivity contribution >= 4 is 5.91 Å². The van der Waals surface area contributed by atoms with E-state index in [0.717, 1.165) is 36.6 Å². The summed E-state index contributed by atoms with van der Waals surface area (Å²) < 4.78 is 11.3. The summed E-state index contributed by atoms with van der Waals surface area (Å²) in [6.45, 7) is 5.23. The Hall–Kier alpha value is -2.40. The highest BCUT2D eigenvalue weighted by atomic mass is 16.5. The van der Waals surface area contributed by atoms with Gasteiger partial charge in [0.1, 0.15) is 5.75 Å². The zero-order valence-electron chi connectivity index (χ0n) is 15.3. The summed E-state index contributed by atoms with van der Waals surface area (Å²) >= 11 is 0. The number of amides is 1. The fraction of sp³-hybridized carbons (Fsp3) is 0.429. The van der Waals surface area contributed by atoms with Crippen LogP contribution in [0.15, 0.2) is 48.7 Å². The van der Waals surface area contributed by atoms with Crippen molar-refractivity contribution in [3.63, 3.8) is 0 Å². The second kappa shape index (κ2) is 9.34. The van der Waals surface area contributed by atoms with Gasteiger partial charge in [0.05, 0.1) is 25.5 Å². The molecule has 2 aromatic rings. The van der Waals surface area contributed by atoms with Crippen molar-refractivity contribution in [1.29, 1.82) is 0 Å². The van der Waals surface area contributed by atoms with Crippen LogP contribution in [0.5, 0.6) is 5.75 Å². The van der Waals surface area contributed by atoms with E-state index >= 15 is 0 Å². The van der Waals surface area contributed by atoms with Crippen LogP contribution in [0.3, 0.4) is 0 Å². The van der Waals surface area contributed by atoms with E-state index in [9.17, 15) is 4.79 Å². The van der Waals surface area contributed by atoms with Gasteiger partial charge in [-0.1, -0.05) is 25.1 Å². The van der Waals surface area contributed by atoms with Gasteiger partial charge in [-0.2, -0.15) is 0 Å². The first-order valence-corrected chi connectivity index (χ1v) is 9.21. The Bertz CT molecular complexity index is 699. The first-order chi connectivity index (χ1) is 12.7. The van der Waals surface area contributed by atoms with Crippen LogP contribution in [-0.4, -0.2) is 35.6 Å². The van der Waals surface area contributed by atoms with Crippen molar-refractivity contribution in [3.05, 3.63) is 59.9 Å². The molecular weight excluding hydrogens is 328 g/mol. The summed E-state index contributed by atoms with van der Waals surface area (Å²) in [5, 5.41) is 0. The number of hydrogen-bond donors (Lipinski definition) is 0. The van der Waals surface area contributed by atoms with Crippen molar-refractivity contribution in [2.24, 2.45) is 5.92 Å². The number of benzene rings is 1. The number of pyridine rings is 1. The predicted molar refractivity (Wildman–Crippen MR) is 99.6 cm³/mol. The predicted octanol–water partition coefficient (Wildman–Crippen LogP) is 3.44. The summed E-state index contributed by atoms with van der Waals surface area (Å²) in [5.74, 6) is 1.43. The Morgan fingerprint density at radius 3 is 2.92 bits per heavy atom. The minimum Gasteiger partial charge on any atom is -0.493 e. The molecule has 1 aliphatic rings. The van der Waals surface area contributed by atoms with Crippen molar-refractivity contribution in [2.45, 2.75) is 32.9 Å². The van der Waals surface area contributed by atoms with Gasteiger partial charge >= 0.3 is 0 Å². The van der Waals surface area contributed by atoms with Crippen LogP contribution >= 0.6 is 0 Å². The highest BCUT2D eigenvalue weighted by Gasteiger charge is 2.17. The SMILES string of the molecule is CCC(=O)N(Cc1cccc(OCC2CCOC2)c1)Cc1ccccn1. The number of rotatable bonds is 8. The summed E-state index contributed by atoms with van der Waals surface area (Å²) in [5.41, 5.74) is 1.95. The fourth-order valence-electron chi connectivity index (χ4n) is 3.03. The van der Waals surface area contributed by atoms with E-state index in [1.165, 1.54) is 0 Å². The van der Waals surface area contributed by atoms with Crippen LogP contribution in [0.1, 0.15) is 31.0 Å². The van der Waals surface area contributed by atoms with Gasteiger partial charge in [-0.15, -0.1) is 0 Å². The number of carbonyl (C=O) groups is 1. The number of carbonyl (C=O) groups excluding carboxylic acids is 1. The first-order valence-electron chi connectivity index (χ1n) is 9.21. The van der Waals surface area contributed by atoms with Crippen molar-refractivity contribution < 1.29 is 14.3 Å². The van der Waals surface area contributed by atoms with E-state index in [-0.39, 0.29) is 5.91 Å². The van der Waals surface area contributed by atoms with Gasteiger partial charge in [-0.05, 0) is 36.2 Å². The number of hydrogen-bond acceptors (Lipinski definition) is 4. The highest BCUT2D eigenvalue weighted by molar-refractivity contribution is 5.75. The maximum absolute atomic E-state index is 12.4. The van der Waals surface area contributed by atoms with Crippen LogP contribution in [0.4, 0.5) is 0 Å².